The van der Waals surface area contributed by atoms with Crippen molar-refractivity contribution in [1.29, 1.82) is 0 Å². The topological polar surface area (TPSA) is 78.4 Å². The van der Waals surface area contributed by atoms with Gasteiger partial charge in [0.05, 0.1) is 6.54 Å². The van der Waals surface area contributed by atoms with Gasteiger partial charge in [-0.25, -0.2) is 4.98 Å². The number of thiazole rings is 1. The quantitative estimate of drug-likeness (QED) is 0.333. The van der Waals surface area contributed by atoms with Crippen LogP contribution in [0.5, 0.6) is 0 Å². The maximum Gasteiger partial charge on any atom is 0.434 e. The fraction of sp³-hybridized carbons (Fsp3) is 0.615. The van der Waals surface area contributed by atoms with E-state index in [1.54, 1.807) is 0 Å². The Kier molecular flexibility index (Phi) is 10.2. The molecule has 0 aliphatic rings. The van der Waals surface area contributed by atoms with Gasteiger partial charge in [-0.3, -0.25) is 9.79 Å². The molecule has 0 spiro atoms. The van der Waals surface area contributed by atoms with Gasteiger partial charge in [-0.15, -0.1) is 35.3 Å². The van der Waals surface area contributed by atoms with Crippen molar-refractivity contribution in [2.45, 2.75) is 39.0 Å². The van der Waals surface area contributed by atoms with E-state index >= 15 is 0 Å². The summed E-state index contributed by atoms with van der Waals surface area (Å²) in [5.41, 5.74) is -0.896. The maximum atomic E-state index is 12.4. The molecule has 0 fully saturated rings. The van der Waals surface area contributed by atoms with Gasteiger partial charge >= 0.3 is 6.18 Å². The van der Waals surface area contributed by atoms with Crippen LogP contribution in [0.3, 0.4) is 0 Å². The first kappa shape index (κ1) is 22.9. The van der Waals surface area contributed by atoms with Crippen molar-refractivity contribution in [1.82, 2.24) is 20.9 Å². The molecule has 6 nitrogen and oxygen atoms in total. The molecule has 0 aliphatic heterocycles. The van der Waals surface area contributed by atoms with Crippen molar-refractivity contribution >= 4 is 47.2 Å². The number of carbonyl (C=O) groups is 1. The Morgan fingerprint density at radius 3 is 2.54 bits per heavy atom. The lowest BCUT2D eigenvalue weighted by atomic mass is 10.3. The van der Waals surface area contributed by atoms with E-state index in [1.807, 2.05) is 13.8 Å². The molecular weight excluding hydrogens is 458 g/mol. The van der Waals surface area contributed by atoms with Gasteiger partial charge < -0.3 is 16.0 Å². The zero-order valence-electron chi connectivity index (χ0n) is 13.5. The molecule has 0 aliphatic carbocycles. The molecule has 3 N–H and O–H groups in total. The fourth-order valence-corrected chi connectivity index (χ4v) is 2.33. The second-order valence-electron chi connectivity index (χ2n) is 4.95. The number of rotatable bonds is 6. The van der Waals surface area contributed by atoms with E-state index < -0.39 is 11.9 Å². The van der Waals surface area contributed by atoms with E-state index in [0.29, 0.717) is 17.5 Å². The molecule has 24 heavy (non-hydrogen) atoms. The minimum Gasteiger partial charge on any atom is -0.356 e. The van der Waals surface area contributed by atoms with Crippen molar-refractivity contribution < 1.29 is 18.0 Å². The molecule has 0 aromatic carbocycles. The van der Waals surface area contributed by atoms with E-state index in [4.69, 9.17) is 0 Å². The SMILES string of the molecule is CN=C(NCCC(=O)NC(C)C)NCc1nc(C(F)(F)F)cs1.I. The molecule has 0 unspecified atom stereocenters. The number of hydrogen-bond acceptors (Lipinski definition) is 4. The molecule has 0 radical (unpaired) electrons. The number of nitrogens with zero attached hydrogens (tertiary/aromatic N) is 2. The minimum absolute atomic E-state index is 0. The Morgan fingerprint density at radius 2 is 2.04 bits per heavy atom. The summed E-state index contributed by atoms with van der Waals surface area (Å²) in [6.07, 6.45) is -4.16. The number of amides is 1. The Labute approximate surface area is 159 Å². The highest BCUT2D eigenvalue weighted by molar-refractivity contribution is 14.0. The number of nitrogens with one attached hydrogen (secondary N) is 3. The molecule has 0 saturated carbocycles. The summed E-state index contributed by atoms with van der Waals surface area (Å²) in [5.74, 6) is 0.309. The summed E-state index contributed by atoms with van der Waals surface area (Å²) >= 11 is 0.924. The summed E-state index contributed by atoms with van der Waals surface area (Å²) in [6.45, 7) is 4.23. The zero-order valence-corrected chi connectivity index (χ0v) is 16.7. The molecule has 0 atom stereocenters. The van der Waals surface area contributed by atoms with Crippen molar-refractivity contribution in [3.05, 3.63) is 16.1 Å². The number of alkyl halides is 3. The van der Waals surface area contributed by atoms with Gasteiger partial charge in [0.25, 0.3) is 0 Å². The maximum absolute atomic E-state index is 12.4. The van der Waals surface area contributed by atoms with Gasteiger partial charge in [0.1, 0.15) is 5.01 Å². The number of carbonyl (C=O) groups excluding carboxylic acids is 1. The highest BCUT2D eigenvalue weighted by Crippen LogP contribution is 2.29. The first-order valence-electron chi connectivity index (χ1n) is 6.98. The highest BCUT2D eigenvalue weighted by atomic mass is 127. The minimum atomic E-state index is -4.43. The van der Waals surface area contributed by atoms with Crippen molar-refractivity contribution in [2.75, 3.05) is 13.6 Å². The van der Waals surface area contributed by atoms with Gasteiger partial charge in [0, 0.05) is 31.4 Å². The Balaban J connectivity index is 0.00000529. The normalized spacial score (nSPS) is 11.9. The highest BCUT2D eigenvalue weighted by Gasteiger charge is 2.33. The van der Waals surface area contributed by atoms with Crippen molar-refractivity contribution in [2.24, 2.45) is 4.99 Å². The van der Waals surface area contributed by atoms with Crippen molar-refractivity contribution in [3.8, 4) is 0 Å². The average Bonchev–Trinajstić information content (AvgIpc) is 2.90. The predicted octanol–water partition coefficient (Wildman–Crippen LogP) is 2.36. The van der Waals surface area contributed by atoms with Crippen LogP contribution in [0, 0.1) is 0 Å². The number of hydrogen-bond donors (Lipinski definition) is 3. The molecule has 0 bridgehead atoms. The molecule has 1 aromatic rings. The van der Waals surface area contributed by atoms with Crippen LogP contribution < -0.4 is 16.0 Å². The standard InChI is InChI=1S/C13H20F3N5OS.HI/c1-8(2)20-10(22)4-5-18-12(17-3)19-6-11-21-9(7-23-11)13(14,15)16;/h7-8H,4-6H2,1-3H3,(H,20,22)(H2,17,18,19);1H. The van der Waals surface area contributed by atoms with Gasteiger partial charge in [-0.2, -0.15) is 13.2 Å². The van der Waals surface area contributed by atoms with Gasteiger partial charge in [-0.1, -0.05) is 0 Å². The summed E-state index contributed by atoms with van der Waals surface area (Å²) in [5, 5.41) is 9.80. The molecule has 1 heterocycles. The summed E-state index contributed by atoms with van der Waals surface area (Å²) in [4.78, 5) is 18.9. The Morgan fingerprint density at radius 1 is 1.38 bits per heavy atom. The second-order valence-corrected chi connectivity index (χ2v) is 5.89. The number of guanidine groups is 1. The lowest BCUT2D eigenvalue weighted by molar-refractivity contribution is -0.140. The third kappa shape index (κ3) is 8.66. The number of aliphatic imine (C=N–C) groups is 1. The number of aromatic nitrogens is 1. The molecule has 0 saturated heterocycles. The smallest absolute Gasteiger partial charge is 0.356 e. The van der Waals surface area contributed by atoms with Crippen LogP contribution in [0.2, 0.25) is 0 Å². The first-order chi connectivity index (χ1) is 10.7. The van der Waals surface area contributed by atoms with Crippen molar-refractivity contribution in [3.63, 3.8) is 0 Å². The lowest BCUT2D eigenvalue weighted by Crippen LogP contribution is -2.39. The Hall–Kier alpha value is -1.11. The van der Waals surface area contributed by atoms with E-state index in [1.165, 1.54) is 7.05 Å². The van der Waals surface area contributed by atoms with Gasteiger partial charge in [0.2, 0.25) is 5.91 Å². The summed E-state index contributed by atoms with van der Waals surface area (Å²) in [6, 6.07) is 0.0765. The Bertz CT molecular complexity index is 548. The number of halogens is 4. The van der Waals surface area contributed by atoms with Crippen LogP contribution in [-0.2, 0) is 17.5 Å². The second kappa shape index (κ2) is 10.7. The van der Waals surface area contributed by atoms with Crippen LogP contribution in [0.4, 0.5) is 13.2 Å². The summed E-state index contributed by atoms with van der Waals surface area (Å²) < 4.78 is 37.3. The van der Waals surface area contributed by atoms with Crippen LogP contribution in [0.1, 0.15) is 31.0 Å². The zero-order chi connectivity index (χ0) is 17.5. The molecule has 1 rings (SSSR count). The molecule has 138 valence electrons. The largest absolute Gasteiger partial charge is 0.434 e. The van der Waals surface area contributed by atoms with Crippen LogP contribution >= 0.6 is 35.3 Å². The van der Waals surface area contributed by atoms with E-state index in [-0.39, 0.29) is 48.9 Å². The third-order valence-electron chi connectivity index (χ3n) is 2.57. The third-order valence-corrected chi connectivity index (χ3v) is 3.42. The molecular formula is C13H21F3IN5OS. The average molecular weight is 479 g/mol. The molecule has 1 aromatic heterocycles. The lowest BCUT2D eigenvalue weighted by Gasteiger charge is -2.12. The van der Waals surface area contributed by atoms with Crippen LogP contribution in [0.15, 0.2) is 10.4 Å². The monoisotopic (exact) mass is 479 g/mol. The first-order valence-corrected chi connectivity index (χ1v) is 7.85. The van der Waals surface area contributed by atoms with Gasteiger partial charge in [0.15, 0.2) is 11.7 Å². The van der Waals surface area contributed by atoms with Crippen LogP contribution in [-0.4, -0.2) is 36.5 Å². The molecule has 11 heteroatoms. The fourth-order valence-electron chi connectivity index (χ4n) is 1.59. The predicted molar refractivity (Wildman–Crippen MR) is 98.6 cm³/mol. The molecule has 1 amide bonds. The summed E-state index contributed by atoms with van der Waals surface area (Å²) in [7, 11) is 1.53. The van der Waals surface area contributed by atoms with Gasteiger partial charge in [-0.05, 0) is 13.8 Å². The van der Waals surface area contributed by atoms with E-state index in [2.05, 4.69) is 25.9 Å². The van der Waals surface area contributed by atoms with E-state index in [9.17, 15) is 18.0 Å². The van der Waals surface area contributed by atoms with Crippen LogP contribution in [0.25, 0.3) is 0 Å². The van der Waals surface area contributed by atoms with E-state index in [0.717, 1.165) is 16.7 Å².